The van der Waals surface area contributed by atoms with Gasteiger partial charge in [-0.1, -0.05) is 35.4 Å². The predicted molar refractivity (Wildman–Crippen MR) is 148 cm³/mol. The second kappa shape index (κ2) is 10.8. The fraction of sp³-hybridized carbons (Fsp3) is 0.387. The van der Waals surface area contributed by atoms with Crippen LogP contribution in [0.5, 0.6) is 0 Å². The lowest BCUT2D eigenvalue weighted by molar-refractivity contribution is -0.142. The van der Waals surface area contributed by atoms with Crippen molar-refractivity contribution in [1.29, 1.82) is 0 Å². The molecule has 37 heavy (non-hydrogen) atoms. The Morgan fingerprint density at radius 1 is 1.03 bits per heavy atom. The predicted octanol–water partition coefficient (Wildman–Crippen LogP) is 6.12. The van der Waals surface area contributed by atoms with Crippen LogP contribution < -0.4 is 0 Å². The Labute approximate surface area is 224 Å². The first-order chi connectivity index (χ1) is 17.8. The van der Waals surface area contributed by atoms with Crippen LogP contribution in [0.3, 0.4) is 0 Å². The summed E-state index contributed by atoms with van der Waals surface area (Å²) in [5, 5.41) is 10.2. The summed E-state index contributed by atoms with van der Waals surface area (Å²) in [6, 6.07) is 14.5. The summed E-state index contributed by atoms with van der Waals surface area (Å²) < 4.78 is 0. The zero-order chi connectivity index (χ0) is 26.0. The Kier molecular flexibility index (Phi) is 7.45. The van der Waals surface area contributed by atoms with Crippen molar-refractivity contribution in [3.05, 3.63) is 99.1 Å². The molecule has 3 heterocycles. The smallest absolute Gasteiger partial charge is 0.313 e. The van der Waals surface area contributed by atoms with Crippen molar-refractivity contribution in [2.45, 2.75) is 57.8 Å². The summed E-state index contributed by atoms with van der Waals surface area (Å²) in [6.07, 6.45) is 9.62. The van der Waals surface area contributed by atoms with Crippen LogP contribution in [0.2, 0.25) is 5.02 Å². The van der Waals surface area contributed by atoms with Gasteiger partial charge in [-0.2, -0.15) is 0 Å². The highest BCUT2D eigenvalue weighted by atomic mass is 35.5. The molecule has 2 aromatic heterocycles. The van der Waals surface area contributed by atoms with Crippen LogP contribution in [0.1, 0.15) is 66.8 Å². The third-order valence-electron chi connectivity index (χ3n) is 7.93. The van der Waals surface area contributed by atoms with Crippen LogP contribution in [0.15, 0.2) is 60.4 Å². The molecule has 0 bridgehead atoms. The topological polar surface area (TPSA) is 66.3 Å². The van der Waals surface area contributed by atoms with Gasteiger partial charge in [0.1, 0.15) is 0 Å². The average molecular weight is 516 g/mol. The summed E-state index contributed by atoms with van der Waals surface area (Å²) >= 11 is 6.36. The molecule has 0 unspecified atom stereocenters. The first kappa shape index (κ1) is 25.6. The van der Waals surface area contributed by atoms with Gasteiger partial charge in [0.05, 0.1) is 11.1 Å². The molecule has 0 amide bonds. The highest BCUT2D eigenvalue weighted by Crippen LogP contribution is 2.38. The van der Waals surface area contributed by atoms with E-state index in [1.807, 2.05) is 30.5 Å². The monoisotopic (exact) mass is 515 g/mol. The quantitative estimate of drug-likeness (QED) is 0.428. The van der Waals surface area contributed by atoms with E-state index in [0.717, 1.165) is 80.1 Å². The molecule has 1 fully saturated rings. The van der Waals surface area contributed by atoms with Crippen molar-refractivity contribution in [2.75, 3.05) is 19.6 Å². The number of carboxylic acid groups (broad SMARTS) is 1. The highest BCUT2D eigenvalue weighted by Gasteiger charge is 2.29. The van der Waals surface area contributed by atoms with Crippen molar-refractivity contribution < 1.29 is 9.90 Å². The van der Waals surface area contributed by atoms with E-state index in [0.29, 0.717) is 0 Å². The first-order valence-corrected chi connectivity index (χ1v) is 13.6. The SMILES string of the molecule is CC(C)(C(=O)O)c1ccc(CCCN2CCC(=C3c4ccc(Cl)cc4CCc4cccnc43)CC2)nc1. The minimum absolute atomic E-state index is 0.735. The molecular formula is C31H34ClN3O2. The first-order valence-electron chi connectivity index (χ1n) is 13.2. The lowest BCUT2D eigenvalue weighted by atomic mass is 9.86. The van der Waals surface area contributed by atoms with Gasteiger partial charge in [0.2, 0.25) is 0 Å². The van der Waals surface area contributed by atoms with Crippen molar-refractivity contribution in [1.82, 2.24) is 14.9 Å². The van der Waals surface area contributed by atoms with E-state index >= 15 is 0 Å². The maximum Gasteiger partial charge on any atom is 0.313 e. The molecule has 1 aromatic carbocycles. The van der Waals surface area contributed by atoms with Crippen LogP contribution in [0.25, 0.3) is 5.57 Å². The van der Waals surface area contributed by atoms with Crippen molar-refractivity contribution in [3.8, 4) is 0 Å². The minimum atomic E-state index is -0.925. The van der Waals surface area contributed by atoms with E-state index < -0.39 is 11.4 Å². The molecule has 0 spiro atoms. The van der Waals surface area contributed by atoms with Crippen LogP contribution in [0, 0.1) is 0 Å². The molecule has 5 nitrogen and oxygen atoms in total. The number of pyridine rings is 2. The van der Waals surface area contributed by atoms with Gasteiger partial charge in [-0.15, -0.1) is 0 Å². The maximum atomic E-state index is 11.5. The number of fused-ring (bicyclic) bond motifs is 2. The molecular weight excluding hydrogens is 482 g/mol. The zero-order valence-electron chi connectivity index (χ0n) is 21.6. The molecule has 2 aliphatic rings. The Hall–Kier alpha value is -3.02. The fourth-order valence-electron chi connectivity index (χ4n) is 5.48. The van der Waals surface area contributed by atoms with E-state index in [9.17, 15) is 9.90 Å². The number of aromatic nitrogens is 2. The van der Waals surface area contributed by atoms with E-state index in [-0.39, 0.29) is 0 Å². The van der Waals surface area contributed by atoms with Gasteiger partial charge in [0.15, 0.2) is 0 Å². The summed E-state index contributed by atoms with van der Waals surface area (Å²) in [6.45, 7) is 6.55. The van der Waals surface area contributed by atoms with Gasteiger partial charge in [0.25, 0.3) is 0 Å². The van der Waals surface area contributed by atoms with Crippen LogP contribution in [-0.2, 0) is 29.5 Å². The number of hydrogen-bond donors (Lipinski definition) is 1. The fourth-order valence-corrected chi connectivity index (χ4v) is 5.67. The van der Waals surface area contributed by atoms with Gasteiger partial charge < -0.3 is 10.0 Å². The number of aryl methyl sites for hydroxylation is 3. The summed E-state index contributed by atoms with van der Waals surface area (Å²) in [4.78, 5) is 23.4. The molecule has 1 saturated heterocycles. The van der Waals surface area contributed by atoms with Gasteiger partial charge in [-0.05, 0) is 105 Å². The Morgan fingerprint density at radius 3 is 2.54 bits per heavy atom. The minimum Gasteiger partial charge on any atom is -0.481 e. The number of piperidine rings is 1. The number of rotatable bonds is 6. The van der Waals surface area contributed by atoms with Gasteiger partial charge in [0, 0.05) is 41.8 Å². The van der Waals surface area contributed by atoms with Gasteiger partial charge >= 0.3 is 5.97 Å². The molecule has 3 aromatic rings. The van der Waals surface area contributed by atoms with E-state index in [1.54, 1.807) is 20.0 Å². The third kappa shape index (κ3) is 5.48. The van der Waals surface area contributed by atoms with Crippen LogP contribution >= 0.6 is 11.6 Å². The Bertz CT molecular complexity index is 1320. The van der Waals surface area contributed by atoms with E-state index in [1.165, 1.54) is 27.8 Å². The van der Waals surface area contributed by atoms with Crippen LogP contribution in [0.4, 0.5) is 0 Å². The second-order valence-corrected chi connectivity index (χ2v) is 11.1. The number of carboxylic acids is 1. The van der Waals surface area contributed by atoms with Crippen molar-refractivity contribution >= 4 is 23.1 Å². The number of benzene rings is 1. The zero-order valence-corrected chi connectivity index (χ0v) is 22.4. The highest BCUT2D eigenvalue weighted by molar-refractivity contribution is 6.30. The van der Waals surface area contributed by atoms with Crippen molar-refractivity contribution in [3.63, 3.8) is 0 Å². The second-order valence-electron chi connectivity index (χ2n) is 10.7. The molecule has 6 heteroatoms. The molecule has 1 N–H and O–H groups in total. The number of likely N-dealkylation sites (tertiary alicyclic amines) is 1. The van der Waals surface area contributed by atoms with Crippen LogP contribution in [-0.4, -0.2) is 45.6 Å². The number of nitrogens with zero attached hydrogens (tertiary/aromatic N) is 3. The number of carbonyl (C=O) groups is 1. The third-order valence-corrected chi connectivity index (χ3v) is 8.16. The molecule has 192 valence electrons. The molecule has 0 saturated carbocycles. The summed E-state index contributed by atoms with van der Waals surface area (Å²) in [7, 11) is 0. The summed E-state index contributed by atoms with van der Waals surface area (Å²) in [5.41, 5.74) is 8.74. The molecule has 0 atom stereocenters. The summed E-state index contributed by atoms with van der Waals surface area (Å²) in [5.74, 6) is -0.836. The normalized spacial score (nSPS) is 16.2. The lowest BCUT2D eigenvalue weighted by Crippen LogP contribution is -2.32. The molecule has 1 aliphatic carbocycles. The van der Waals surface area contributed by atoms with E-state index in [2.05, 4.69) is 28.1 Å². The van der Waals surface area contributed by atoms with E-state index in [4.69, 9.17) is 16.6 Å². The Morgan fingerprint density at radius 2 is 1.81 bits per heavy atom. The molecule has 5 rings (SSSR count). The largest absolute Gasteiger partial charge is 0.481 e. The van der Waals surface area contributed by atoms with Gasteiger partial charge in [-0.25, -0.2) is 0 Å². The lowest BCUT2D eigenvalue weighted by Gasteiger charge is -2.30. The van der Waals surface area contributed by atoms with Gasteiger partial charge in [-0.3, -0.25) is 14.8 Å². The maximum absolute atomic E-state index is 11.5. The Balaban J connectivity index is 1.24. The number of aliphatic carboxylic acids is 1. The number of halogens is 1. The molecule has 0 radical (unpaired) electrons. The standard InChI is InChI=1S/C31H34ClN3O2/c1-31(2,30(36)37)24-9-11-26(34-20-24)6-4-16-35-17-13-21(14-18-35)28-27-12-10-25(32)19-23(27)8-7-22-5-3-15-33-29(22)28/h3,5,9-12,15,19-20H,4,6-8,13-14,16-18H2,1-2H3,(H,36,37). The average Bonchev–Trinajstić information content (AvgIpc) is 3.06. The van der Waals surface area contributed by atoms with Crippen molar-refractivity contribution in [2.24, 2.45) is 0 Å². The molecule has 1 aliphatic heterocycles. The number of hydrogen-bond acceptors (Lipinski definition) is 4.